The third-order valence-electron chi connectivity index (χ3n) is 4.77. The molecule has 9 heteroatoms. The summed E-state index contributed by atoms with van der Waals surface area (Å²) in [5, 5.41) is 12.1. The summed E-state index contributed by atoms with van der Waals surface area (Å²) in [7, 11) is 0. The molecule has 1 fully saturated rings. The second kappa shape index (κ2) is 14.2. The molecule has 2 amide bonds. The lowest BCUT2D eigenvalue weighted by Gasteiger charge is -2.19. The van der Waals surface area contributed by atoms with Crippen LogP contribution in [0.1, 0.15) is 58.9 Å². The van der Waals surface area contributed by atoms with Crippen LogP contribution in [-0.2, 0) is 16.1 Å². The van der Waals surface area contributed by atoms with E-state index in [1.165, 1.54) is 0 Å². The van der Waals surface area contributed by atoms with Crippen molar-refractivity contribution >= 4 is 47.6 Å². The summed E-state index contributed by atoms with van der Waals surface area (Å²) in [5.74, 6) is 0.917. The molecule has 0 atom stereocenters. The molecule has 1 aromatic rings. The minimum atomic E-state index is -0.515. The van der Waals surface area contributed by atoms with Gasteiger partial charge in [-0.15, -0.1) is 24.0 Å². The molecule has 0 bridgehead atoms. The molecule has 0 saturated heterocycles. The zero-order valence-electron chi connectivity index (χ0n) is 19.6. The number of aliphatic imine (C=N–C) groups is 1. The van der Waals surface area contributed by atoms with Crippen molar-refractivity contribution in [3.63, 3.8) is 0 Å². The van der Waals surface area contributed by atoms with E-state index in [4.69, 9.17) is 4.74 Å². The van der Waals surface area contributed by atoms with Gasteiger partial charge in [0.2, 0.25) is 5.91 Å². The van der Waals surface area contributed by atoms with E-state index in [9.17, 15) is 9.59 Å². The van der Waals surface area contributed by atoms with Crippen LogP contribution in [0.25, 0.3) is 0 Å². The predicted molar refractivity (Wildman–Crippen MR) is 139 cm³/mol. The van der Waals surface area contributed by atoms with Crippen molar-refractivity contribution in [3.8, 4) is 0 Å². The number of hydrogen-bond donors (Lipinski definition) is 4. The van der Waals surface area contributed by atoms with Crippen LogP contribution in [0.2, 0.25) is 0 Å². The molecule has 0 unspecified atom stereocenters. The van der Waals surface area contributed by atoms with E-state index in [2.05, 4.69) is 26.3 Å². The highest BCUT2D eigenvalue weighted by molar-refractivity contribution is 14.0. The van der Waals surface area contributed by atoms with Crippen LogP contribution >= 0.6 is 24.0 Å². The Balaban J connectivity index is 0.00000512. The minimum absolute atomic E-state index is 0. The maximum atomic E-state index is 12.4. The van der Waals surface area contributed by atoms with E-state index in [1.807, 2.05) is 52.0 Å². The number of carbonyl (C=O) groups excluding carboxylic acids is 2. The fourth-order valence-electron chi connectivity index (χ4n) is 3.35. The Labute approximate surface area is 208 Å². The van der Waals surface area contributed by atoms with Gasteiger partial charge in [0, 0.05) is 31.2 Å². The van der Waals surface area contributed by atoms with Crippen LogP contribution in [0.4, 0.5) is 10.5 Å². The Kier molecular flexibility index (Phi) is 12.4. The summed E-state index contributed by atoms with van der Waals surface area (Å²) in [5.41, 5.74) is 1.30. The first-order chi connectivity index (χ1) is 14.8. The number of nitrogens with zero attached hydrogens (tertiary/aromatic N) is 1. The number of guanidine groups is 1. The van der Waals surface area contributed by atoms with Crippen molar-refractivity contribution < 1.29 is 14.3 Å². The molecule has 180 valence electrons. The smallest absolute Gasteiger partial charge is 0.407 e. The largest absolute Gasteiger partial charge is 0.444 e. The molecule has 0 radical (unpaired) electrons. The standard InChI is InChI=1S/C23H37N5O3.HI/c1-5-24-21(25-13-14-26-22(30)31-23(2,3)4)27-16-17-9-8-12-19(15-17)28-20(29)18-10-6-7-11-18;/h8-9,12,15,18H,5-7,10-11,13-14,16H2,1-4H3,(H,26,30)(H,28,29)(H2,24,25,27);1H. The van der Waals surface area contributed by atoms with Crippen LogP contribution in [0.15, 0.2) is 29.3 Å². The van der Waals surface area contributed by atoms with Gasteiger partial charge in [0.25, 0.3) is 0 Å². The number of amides is 2. The van der Waals surface area contributed by atoms with Crippen LogP contribution < -0.4 is 21.3 Å². The van der Waals surface area contributed by atoms with Crippen LogP contribution in [0, 0.1) is 5.92 Å². The summed E-state index contributed by atoms with van der Waals surface area (Å²) < 4.78 is 5.22. The van der Waals surface area contributed by atoms with Crippen LogP contribution in [-0.4, -0.2) is 43.2 Å². The highest BCUT2D eigenvalue weighted by atomic mass is 127. The van der Waals surface area contributed by atoms with Gasteiger partial charge in [-0.2, -0.15) is 0 Å². The summed E-state index contributed by atoms with van der Waals surface area (Å²) in [6.07, 6.45) is 3.81. The number of benzene rings is 1. The van der Waals surface area contributed by atoms with Crippen molar-refractivity contribution in [2.45, 2.75) is 65.5 Å². The van der Waals surface area contributed by atoms with E-state index in [0.717, 1.165) is 43.5 Å². The van der Waals surface area contributed by atoms with E-state index < -0.39 is 11.7 Å². The maximum absolute atomic E-state index is 12.4. The van der Waals surface area contributed by atoms with Gasteiger partial charge in [0.1, 0.15) is 5.60 Å². The Morgan fingerprint density at radius 2 is 1.78 bits per heavy atom. The Hall–Kier alpha value is -2.04. The fraction of sp³-hybridized carbons (Fsp3) is 0.609. The van der Waals surface area contributed by atoms with Crippen molar-refractivity contribution in [2.24, 2.45) is 10.9 Å². The summed E-state index contributed by atoms with van der Waals surface area (Å²) in [4.78, 5) is 28.6. The van der Waals surface area contributed by atoms with Gasteiger partial charge in [-0.05, 0) is 58.2 Å². The third-order valence-corrected chi connectivity index (χ3v) is 4.77. The van der Waals surface area contributed by atoms with E-state index in [-0.39, 0.29) is 35.8 Å². The lowest BCUT2D eigenvalue weighted by atomic mass is 10.1. The zero-order valence-corrected chi connectivity index (χ0v) is 22.0. The number of ether oxygens (including phenoxy) is 1. The monoisotopic (exact) mass is 559 g/mol. The molecule has 8 nitrogen and oxygen atoms in total. The molecule has 0 aromatic heterocycles. The second-order valence-corrected chi connectivity index (χ2v) is 8.72. The van der Waals surface area contributed by atoms with Crippen molar-refractivity contribution in [2.75, 3.05) is 25.0 Å². The Morgan fingerprint density at radius 1 is 1.09 bits per heavy atom. The van der Waals surface area contributed by atoms with Crippen molar-refractivity contribution in [3.05, 3.63) is 29.8 Å². The van der Waals surface area contributed by atoms with Crippen molar-refractivity contribution in [1.82, 2.24) is 16.0 Å². The fourth-order valence-corrected chi connectivity index (χ4v) is 3.35. The average Bonchev–Trinajstić information content (AvgIpc) is 3.23. The van der Waals surface area contributed by atoms with E-state index >= 15 is 0 Å². The molecule has 1 aliphatic rings. The zero-order chi connectivity index (χ0) is 22.7. The first-order valence-corrected chi connectivity index (χ1v) is 11.2. The number of alkyl carbamates (subject to hydrolysis) is 1. The first kappa shape index (κ1) is 28.0. The van der Waals surface area contributed by atoms with Gasteiger partial charge in [-0.1, -0.05) is 25.0 Å². The number of anilines is 1. The highest BCUT2D eigenvalue weighted by Gasteiger charge is 2.22. The molecule has 2 rings (SSSR count). The van der Waals surface area contributed by atoms with E-state index in [1.54, 1.807) is 0 Å². The second-order valence-electron chi connectivity index (χ2n) is 8.72. The quantitative estimate of drug-likeness (QED) is 0.167. The first-order valence-electron chi connectivity index (χ1n) is 11.2. The Morgan fingerprint density at radius 3 is 2.44 bits per heavy atom. The van der Waals surface area contributed by atoms with Crippen LogP contribution in [0.3, 0.4) is 0 Å². The number of rotatable bonds is 8. The van der Waals surface area contributed by atoms with Gasteiger partial charge < -0.3 is 26.0 Å². The SMILES string of the molecule is CCNC(=NCc1cccc(NC(=O)C2CCCC2)c1)NCCNC(=O)OC(C)(C)C.I. The number of nitrogens with one attached hydrogen (secondary N) is 4. The molecule has 0 heterocycles. The van der Waals surface area contributed by atoms with Gasteiger partial charge in [0.05, 0.1) is 6.54 Å². The average molecular weight is 559 g/mol. The molecular formula is C23H38IN5O3. The molecule has 0 aliphatic heterocycles. The molecule has 0 spiro atoms. The predicted octanol–water partition coefficient (Wildman–Crippen LogP) is 4.01. The maximum Gasteiger partial charge on any atom is 0.407 e. The topological polar surface area (TPSA) is 104 Å². The van der Waals surface area contributed by atoms with Gasteiger partial charge >= 0.3 is 6.09 Å². The minimum Gasteiger partial charge on any atom is -0.444 e. The summed E-state index contributed by atoms with van der Waals surface area (Å²) in [6, 6.07) is 7.79. The van der Waals surface area contributed by atoms with Crippen LogP contribution in [0.5, 0.6) is 0 Å². The van der Waals surface area contributed by atoms with Crippen molar-refractivity contribution in [1.29, 1.82) is 0 Å². The van der Waals surface area contributed by atoms with Gasteiger partial charge in [0.15, 0.2) is 5.96 Å². The van der Waals surface area contributed by atoms with E-state index in [0.29, 0.717) is 25.6 Å². The summed E-state index contributed by atoms with van der Waals surface area (Å²) in [6.45, 7) is 9.62. The molecule has 1 aliphatic carbocycles. The highest BCUT2D eigenvalue weighted by Crippen LogP contribution is 2.26. The number of halogens is 1. The molecule has 32 heavy (non-hydrogen) atoms. The molecule has 1 saturated carbocycles. The molecular weight excluding hydrogens is 521 g/mol. The lowest BCUT2D eigenvalue weighted by Crippen LogP contribution is -2.42. The lowest BCUT2D eigenvalue weighted by molar-refractivity contribution is -0.119. The third kappa shape index (κ3) is 11.0. The molecule has 4 N–H and O–H groups in total. The summed E-state index contributed by atoms with van der Waals surface area (Å²) >= 11 is 0. The number of carbonyl (C=O) groups is 2. The Bertz CT molecular complexity index is 758. The number of hydrogen-bond acceptors (Lipinski definition) is 4. The normalized spacial score (nSPS) is 14.3. The molecule has 1 aromatic carbocycles. The van der Waals surface area contributed by atoms with Gasteiger partial charge in [-0.25, -0.2) is 9.79 Å². The van der Waals surface area contributed by atoms with Gasteiger partial charge in [-0.3, -0.25) is 4.79 Å².